The van der Waals surface area contributed by atoms with Gasteiger partial charge in [-0.25, -0.2) is 28.0 Å². The number of carbonyl (C=O) groups excluding carboxylic acids is 6. The molecule has 0 saturated heterocycles. The fraction of sp³-hybridized carbons (Fsp3) is 0.605. The molecule has 12 nitrogen and oxygen atoms in total. The molecule has 0 unspecified atom stereocenters. The van der Waals surface area contributed by atoms with Crippen LogP contribution < -0.4 is 9.47 Å². The van der Waals surface area contributed by atoms with Crippen molar-refractivity contribution in [2.75, 3.05) is 0 Å². The molecule has 5 aliphatic carbocycles. The minimum atomic E-state index is -0.627. The normalized spacial score (nSPS) is 23.9. The minimum Gasteiger partial charge on any atom is -0.459 e. The van der Waals surface area contributed by atoms with Gasteiger partial charge >= 0.3 is 35.8 Å². The lowest BCUT2D eigenvalue weighted by Gasteiger charge is -2.37. The van der Waals surface area contributed by atoms with Gasteiger partial charge in [-0.3, -0.25) is 9.59 Å². The van der Waals surface area contributed by atoms with Crippen LogP contribution in [0.15, 0.2) is 98.6 Å². The summed E-state index contributed by atoms with van der Waals surface area (Å²) in [4.78, 5) is 70.9. The SMILES string of the molecule is C=CC(=O)OCc1ccc(C(=O)OC2CCC(CCCCC)CC2)cc1.C=CC(=O)OCc1ccc(OC(=O)C2CCC(C3CCC(CCC)CC3)CC2)c(F)c1.C=CC(=O)OCc1ccc(OC(=O)C2CCC(C3CCC(CCCCC)CC3)CC2)c(F)c1. The fourth-order valence-electron chi connectivity index (χ4n) is 14.3. The number of unbranched alkanes of at least 4 members (excludes halogenated alkanes) is 4. The Hall–Kier alpha value is -6.44. The molecule has 5 aliphatic rings. The van der Waals surface area contributed by atoms with Crippen molar-refractivity contribution in [2.45, 2.75) is 239 Å². The number of hydrogen-bond donors (Lipinski definition) is 0. The average molecular weight is 1250 g/mol. The van der Waals surface area contributed by atoms with Crippen LogP contribution in [-0.4, -0.2) is 41.9 Å². The molecule has 0 bridgehead atoms. The van der Waals surface area contributed by atoms with Crippen LogP contribution in [0, 0.1) is 64.9 Å². The third kappa shape index (κ3) is 25.0. The zero-order valence-corrected chi connectivity index (χ0v) is 54.4. The molecule has 90 heavy (non-hydrogen) atoms. The largest absolute Gasteiger partial charge is 0.459 e. The van der Waals surface area contributed by atoms with E-state index in [-0.39, 0.29) is 67.2 Å². The lowest BCUT2D eigenvalue weighted by molar-refractivity contribution is -0.141. The van der Waals surface area contributed by atoms with E-state index in [4.69, 9.17) is 28.4 Å². The molecular formula is C76H104F2O12. The first-order chi connectivity index (χ1) is 43.6. The van der Waals surface area contributed by atoms with Crippen molar-refractivity contribution < 1.29 is 66.0 Å². The van der Waals surface area contributed by atoms with Crippen molar-refractivity contribution >= 4 is 35.8 Å². The van der Waals surface area contributed by atoms with Crippen molar-refractivity contribution in [2.24, 2.45) is 53.3 Å². The molecule has 0 aliphatic heterocycles. The van der Waals surface area contributed by atoms with Gasteiger partial charge in [0.2, 0.25) is 0 Å². The van der Waals surface area contributed by atoms with Crippen LogP contribution in [0.1, 0.15) is 240 Å². The van der Waals surface area contributed by atoms with Gasteiger partial charge in [0.05, 0.1) is 17.4 Å². The van der Waals surface area contributed by atoms with Gasteiger partial charge in [0, 0.05) is 18.2 Å². The topological polar surface area (TPSA) is 158 Å². The molecule has 0 N–H and O–H groups in total. The minimum absolute atomic E-state index is 0.0400. The highest BCUT2D eigenvalue weighted by Gasteiger charge is 2.36. The molecule has 0 spiro atoms. The van der Waals surface area contributed by atoms with Gasteiger partial charge in [-0.05, 0) is 197 Å². The molecule has 0 radical (unpaired) electrons. The summed E-state index contributed by atoms with van der Waals surface area (Å²) >= 11 is 0. The number of rotatable bonds is 27. The second-order valence-corrected chi connectivity index (χ2v) is 26.1. The monoisotopic (exact) mass is 1250 g/mol. The van der Waals surface area contributed by atoms with Crippen molar-refractivity contribution in [3.8, 4) is 11.5 Å². The van der Waals surface area contributed by atoms with E-state index < -0.39 is 29.5 Å². The molecular weight excluding hydrogens is 1140 g/mol. The van der Waals surface area contributed by atoms with Gasteiger partial charge in [0.25, 0.3) is 0 Å². The maximum absolute atomic E-state index is 14.4. The maximum Gasteiger partial charge on any atom is 0.338 e. The zero-order chi connectivity index (χ0) is 64.6. The number of ether oxygens (including phenoxy) is 6. The summed E-state index contributed by atoms with van der Waals surface area (Å²) in [5.41, 5.74) is 2.34. The van der Waals surface area contributed by atoms with Crippen LogP contribution in [-0.2, 0) is 62.7 Å². The standard InChI is InChI=1S/C28H39FO4.C26H35FO4.C22H30O4/c1-3-5-6-7-20-8-11-22(12-9-20)23-13-15-24(16-14-23)28(31)33-26-17-10-21(18-25(26)29)19-32-27(30)4-2;1-3-5-18-6-9-20(10-7-18)21-11-13-22(14-12-21)26(29)31-24-15-8-19(16-23(24)27)17-30-25(28)4-2;1-3-5-6-7-17-10-14-20(15-11-17)26-22(24)19-12-8-18(9-13-19)16-25-21(23)4-2/h4,10,17-18,20,22-24H,2-3,5-9,11-16,19H2,1H3;4,8,15-16,18,20-22H,2-3,5-7,9-14,17H2,1H3;4,8-9,12-13,17,20H,2-3,5-7,10-11,14-16H2,1H3. The predicted molar refractivity (Wildman–Crippen MR) is 347 cm³/mol. The number of hydrogen-bond acceptors (Lipinski definition) is 12. The molecule has 5 saturated carbocycles. The van der Waals surface area contributed by atoms with Gasteiger partial charge < -0.3 is 28.4 Å². The summed E-state index contributed by atoms with van der Waals surface area (Å²) in [5.74, 6) is 1.48. The second-order valence-electron chi connectivity index (χ2n) is 26.1. The smallest absolute Gasteiger partial charge is 0.338 e. The van der Waals surface area contributed by atoms with Gasteiger partial charge in [-0.2, -0.15) is 0 Å². The molecule has 0 aromatic heterocycles. The Morgan fingerprint density at radius 1 is 0.422 bits per heavy atom. The zero-order valence-electron chi connectivity index (χ0n) is 54.4. The van der Waals surface area contributed by atoms with E-state index in [1.54, 1.807) is 36.4 Å². The number of carbonyl (C=O) groups is 6. The van der Waals surface area contributed by atoms with Gasteiger partial charge in [0.1, 0.15) is 25.9 Å². The molecule has 0 amide bonds. The molecule has 8 rings (SSSR count). The molecule has 0 atom stereocenters. The van der Waals surface area contributed by atoms with E-state index in [1.807, 2.05) is 0 Å². The van der Waals surface area contributed by atoms with Crippen LogP contribution in [0.2, 0.25) is 0 Å². The summed E-state index contributed by atoms with van der Waals surface area (Å²) in [6, 6.07) is 15.5. The van der Waals surface area contributed by atoms with Crippen molar-refractivity contribution in [1.82, 2.24) is 0 Å². The third-order valence-electron chi connectivity index (χ3n) is 19.8. The highest BCUT2D eigenvalue weighted by molar-refractivity contribution is 5.89. The average Bonchev–Trinajstić information content (AvgIpc) is 1.77. The maximum atomic E-state index is 14.4. The van der Waals surface area contributed by atoms with Gasteiger partial charge in [0.15, 0.2) is 23.1 Å². The van der Waals surface area contributed by atoms with E-state index in [9.17, 15) is 37.5 Å². The molecule has 0 heterocycles. The van der Waals surface area contributed by atoms with Crippen LogP contribution in [0.25, 0.3) is 0 Å². The lowest BCUT2D eigenvalue weighted by atomic mass is 9.68. The Morgan fingerprint density at radius 3 is 1.12 bits per heavy atom. The van der Waals surface area contributed by atoms with Crippen molar-refractivity contribution in [1.29, 1.82) is 0 Å². The highest BCUT2D eigenvalue weighted by atomic mass is 19.1. The number of benzene rings is 3. The van der Waals surface area contributed by atoms with Crippen LogP contribution in [0.3, 0.4) is 0 Å². The fourth-order valence-corrected chi connectivity index (χ4v) is 14.3. The number of esters is 6. The molecule has 3 aromatic rings. The Labute approximate surface area is 536 Å². The summed E-state index contributed by atoms with van der Waals surface area (Å²) < 4.78 is 59.9. The Morgan fingerprint density at radius 2 is 0.767 bits per heavy atom. The van der Waals surface area contributed by atoms with E-state index in [2.05, 4.69) is 40.5 Å². The van der Waals surface area contributed by atoms with E-state index in [0.29, 0.717) is 16.7 Å². The summed E-state index contributed by atoms with van der Waals surface area (Å²) in [6.07, 6.45) is 39.3. The summed E-state index contributed by atoms with van der Waals surface area (Å²) in [5, 5.41) is 0. The van der Waals surface area contributed by atoms with Crippen molar-refractivity contribution in [3.05, 3.63) is 133 Å². The summed E-state index contributed by atoms with van der Waals surface area (Å²) in [6.45, 7) is 16.8. The molecule has 494 valence electrons. The molecule has 14 heteroatoms. The van der Waals surface area contributed by atoms with Gasteiger partial charge in [-0.1, -0.05) is 155 Å². The second kappa shape index (κ2) is 39.7. The van der Waals surface area contributed by atoms with Crippen molar-refractivity contribution in [3.63, 3.8) is 0 Å². The number of halogens is 2. The first-order valence-electron chi connectivity index (χ1n) is 34.3. The van der Waals surface area contributed by atoms with Crippen LogP contribution in [0.4, 0.5) is 8.78 Å². The Balaban J connectivity index is 0.000000216. The quantitative estimate of drug-likeness (QED) is 0.0234. The first-order valence-corrected chi connectivity index (χ1v) is 34.3. The van der Waals surface area contributed by atoms with E-state index in [0.717, 1.165) is 142 Å². The molecule has 5 fully saturated rings. The van der Waals surface area contributed by atoms with E-state index >= 15 is 0 Å². The van der Waals surface area contributed by atoms with Crippen LogP contribution in [0.5, 0.6) is 11.5 Å². The Bertz CT molecular complexity index is 2720. The molecule has 3 aromatic carbocycles. The summed E-state index contributed by atoms with van der Waals surface area (Å²) in [7, 11) is 0. The van der Waals surface area contributed by atoms with Gasteiger partial charge in [-0.15, -0.1) is 0 Å². The lowest BCUT2D eigenvalue weighted by Crippen LogP contribution is -2.30. The van der Waals surface area contributed by atoms with E-state index in [1.165, 1.54) is 140 Å². The first kappa shape index (κ1) is 72.6. The highest BCUT2D eigenvalue weighted by Crippen LogP contribution is 2.44. The predicted octanol–water partition coefficient (Wildman–Crippen LogP) is 18.7. The Kier molecular flexibility index (Phi) is 32.1. The third-order valence-corrected chi connectivity index (χ3v) is 19.8. The van der Waals surface area contributed by atoms with Crippen LogP contribution >= 0.6 is 0 Å².